The molecule has 1 amide bonds. The van der Waals surface area contributed by atoms with Crippen LogP contribution in [0.3, 0.4) is 0 Å². The van der Waals surface area contributed by atoms with Gasteiger partial charge in [0.25, 0.3) is 5.91 Å². The van der Waals surface area contributed by atoms with Crippen molar-refractivity contribution in [3.63, 3.8) is 0 Å². The second kappa shape index (κ2) is 3.88. The van der Waals surface area contributed by atoms with Gasteiger partial charge < -0.3 is 15.2 Å². The summed E-state index contributed by atoms with van der Waals surface area (Å²) in [7, 11) is 0. The predicted octanol–water partition coefficient (Wildman–Crippen LogP) is 1.25. The molecule has 0 saturated heterocycles. The fraction of sp³-hybridized carbons (Fsp3) is 0. The van der Waals surface area contributed by atoms with E-state index < -0.39 is 5.91 Å². The standard InChI is InChI=1S/C11H9NO3/c12-11(13)8-4-5-10(15-7-8)9-3-1-2-6-14-9/h1-7H,(H2,12,13). The fourth-order valence-corrected chi connectivity index (χ4v) is 1.13. The maximum atomic E-state index is 10.8. The van der Waals surface area contributed by atoms with Crippen molar-refractivity contribution in [1.29, 1.82) is 0 Å². The summed E-state index contributed by atoms with van der Waals surface area (Å²) in [6.07, 6.45) is 11.4. The molecule has 2 aliphatic rings. The number of hydrogen-bond donors (Lipinski definition) is 1. The van der Waals surface area contributed by atoms with Crippen molar-refractivity contribution in [3.05, 3.63) is 60.0 Å². The first-order valence-corrected chi connectivity index (χ1v) is 4.36. The summed E-state index contributed by atoms with van der Waals surface area (Å²) in [5.41, 5.74) is 5.41. The lowest BCUT2D eigenvalue weighted by Gasteiger charge is -2.12. The van der Waals surface area contributed by atoms with Crippen LogP contribution >= 0.6 is 0 Å². The Kier molecular flexibility index (Phi) is 2.41. The third-order valence-electron chi connectivity index (χ3n) is 1.89. The third kappa shape index (κ3) is 1.99. The van der Waals surface area contributed by atoms with Gasteiger partial charge in [0.05, 0.1) is 11.8 Å². The van der Waals surface area contributed by atoms with Crippen molar-refractivity contribution in [1.82, 2.24) is 0 Å². The Hall–Kier alpha value is -2.23. The number of allylic oxidation sites excluding steroid dienone is 4. The van der Waals surface area contributed by atoms with E-state index in [1.165, 1.54) is 6.26 Å². The van der Waals surface area contributed by atoms with Gasteiger partial charge in [-0.25, -0.2) is 0 Å². The molecule has 0 fully saturated rings. The SMILES string of the molecule is NC(=O)C1=COC(=C2C=CC=CO2)C=C1. The van der Waals surface area contributed by atoms with E-state index in [2.05, 4.69) is 0 Å². The van der Waals surface area contributed by atoms with Crippen LogP contribution in [0.25, 0.3) is 0 Å². The quantitative estimate of drug-likeness (QED) is 0.697. The van der Waals surface area contributed by atoms with Crippen molar-refractivity contribution in [3.8, 4) is 0 Å². The van der Waals surface area contributed by atoms with E-state index in [0.717, 1.165) is 0 Å². The van der Waals surface area contributed by atoms with E-state index in [4.69, 9.17) is 15.2 Å². The van der Waals surface area contributed by atoms with Crippen LogP contribution in [-0.2, 0) is 14.3 Å². The summed E-state index contributed by atoms with van der Waals surface area (Å²) in [5.74, 6) is 0.615. The molecule has 2 rings (SSSR count). The molecule has 4 nitrogen and oxygen atoms in total. The van der Waals surface area contributed by atoms with Crippen molar-refractivity contribution in [2.75, 3.05) is 0 Å². The van der Waals surface area contributed by atoms with Crippen LogP contribution < -0.4 is 5.73 Å². The van der Waals surface area contributed by atoms with Crippen molar-refractivity contribution in [2.24, 2.45) is 5.73 Å². The Morgan fingerprint density at radius 1 is 1.07 bits per heavy atom. The normalized spacial score (nSPS) is 23.1. The molecule has 76 valence electrons. The van der Waals surface area contributed by atoms with Gasteiger partial charge in [0.1, 0.15) is 6.26 Å². The number of hydrogen-bond acceptors (Lipinski definition) is 3. The number of ether oxygens (including phenoxy) is 2. The lowest BCUT2D eigenvalue weighted by atomic mass is 10.2. The van der Waals surface area contributed by atoms with Crippen LogP contribution in [0.2, 0.25) is 0 Å². The van der Waals surface area contributed by atoms with E-state index in [1.807, 2.05) is 6.08 Å². The Morgan fingerprint density at radius 3 is 2.40 bits per heavy atom. The molecule has 15 heavy (non-hydrogen) atoms. The van der Waals surface area contributed by atoms with Crippen molar-refractivity contribution >= 4 is 5.91 Å². The lowest BCUT2D eigenvalue weighted by molar-refractivity contribution is -0.114. The number of amides is 1. The molecule has 0 aromatic heterocycles. The minimum Gasteiger partial charge on any atom is -0.461 e. The molecule has 2 N–H and O–H groups in total. The van der Waals surface area contributed by atoms with Crippen molar-refractivity contribution in [2.45, 2.75) is 0 Å². The van der Waals surface area contributed by atoms with Gasteiger partial charge in [-0.15, -0.1) is 0 Å². The Bertz CT molecular complexity index is 439. The first-order chi connectivity index (χ1) is 7.27. The van der Waals surface area contributed by atoms with E-state index in [1.54, 1.807) is 30.6 Å². The van der Waals surface area contributed by atoms with Gasteiger partial charge in [-0.1, -0.05) is 6.08 Å². The third-order valence-corrected chi connectivity index (χ3v) is 1.89. The van der Waals surface area contributed by atoms with E-state index >= 15 is 0 Å². The van der Waals surface area contributed by atoms with E-state index in [0.29, 0.717) is 17.1 Å². The van der Waals surface area contributed by atoms with Crippen LogP contribution in [0.4, 0.5) is 0 Å². The molecular formula is C11H9NO3. The summed E-state index contributed by atoms with van der Waals surface area (Å²) in [4.78, 5) is 10.8. The first kappa shape index (κ1) is 9.33. The molecule has 0 saturated carbocycles. The minimum atomic E-state index is -0.518. The van der Waals surface area contributed by atoms with Gasteiger partial charge in [0, 0.05) is 0 Å². The summed E-state index contributed by atoms with van der Waals surface area (Å²) in [5, 5.41) is 0. The predicted molar refractivity (Wildman–Crippen MR) is 53.9 cm³/mol. The summed E-state index contributed by atoms with van der Waals surface area (Å²) in [6, 6.07) is 0. The fourth-order valence-electron chi connectivity index (χ4n) is 1.13. The number of carbonyl (C=O) groups excluding carboxylic acids is 1. The molecule has 0 spiro atoms. The highest BCUT2D eigenvalue weighted by atomic mass is 16.5. The van der Waals surface area contributed by atoms with Crippen molar-refractivity contribution < 1.29 is 14.3 Å². The highest BCUT2D eigenvalue weighted by molar-refractivity contribution is 5.94. The second-order valence-corrected chi connectivity index (χ2v) is 2.92. The largest absolute Gasteiger partial charge is 0.461 e. The van der Waals surface area contributed by atoms with Crippen LogP contribution in [0.15, 0.2) is 60.0 Å². The first-order valence-electron chi connectivity index (χ1n) is 4.36. The van der Waals surface area contributed by atoms with Crippen LogP contribution in [0.5, 0.6) is 0 Å². The molecule has 0 aromatic carbocycles. The van der Waals surface area contributed by atoms with Gasteiger partial charge in [0.15, 0.2) is 11.5 Å². The molecule has 2 heterocycles. The summed E-state index contributed by atoms with van der Waals surface area (Å²) < 4.78 is 10.4. The Labute approximate surface area is 86.7 Å². The monoisotopic (exact) mass is 203 g/mol. The number of rotatable bonds is 1. The molecule has 2 aliphatic heterocycles. The van der Waals surface area contributed by atoms with Crippen LogP contribution in [-0.4, -0.2) is 5.91 Å². The van der Waals surface area contributed by atoms with Crippen LogP contribution in [0.1, 0.15) is 0 Å². The smallest absolute Gasteiger partial charge is 0.251 e. The molecule has 0 bridgehead atoms. The molecular weight excluding hydrogens is 194 g/mol. The van der Waals surface area contributed by atoms with Gasteiger partial charge >= 0.3 is 0 Å². The van der Waals surface area contributed by atoms with Gasteiger partial charge in [0.2, 0.25) is 0 Å². The molecule has 0 radical (unpaired) electrons. The number of primary amides is 1. The Balaban J connectivity index is 2.19. The highest BCUT2D eigenvalue weighted by Crippen LogP contribution is 2.19. The molecule has 0 unspecified atom stereocenters. The number of carbonyl (C=O) groups is 1. The maximum absolute atomic E-state index is 10.8. The Morgan fingerprint density at radius 2 is 1.87 bits per heavy atom. The summed E-state index contributed by atoms with van der Waals surface area (Å²) >= 11 is 0. The summed E-state index contributed by atoms with van der Waals surface area (Å²) in [6.45, 7) is 0. The zero-order valence-corrected chi connectivity index (χ0v) is 7.84. The average molecular weight is 203 g/mol. The van der Waals surface area contributed by atoms with Gasteiger partial charge in [-0.3, -0.25) is 4.79 Å². The van der Waals surface area contributed by atoms with Crippen LogP contribution in [0, 0.1) is 0 Å². The minimum absolute atomic E-state index is 0.328. The number of nitrogens with two attached hydrogens (primary N) is 1. The molecule has 4 heteroatoms. The highest BCUT2D eigenvalue weighted by Gasteiger charge is 2.11. The average Bonchev–Trinajstić information content (AvgIpc) is 2.30. The zero-order chi connectivity index (χ0) is 10.7. The topological polar surface area (TPSA) is 61.6 Å². The maximum Gasteiger partial charge on any atom is 0.251 e. The second-order valence-electron chi connectivity index (χ2n) is 2.92. The molecule has 0 aliphatic carbocycles. The molecule has 0 aromatic rings. The van der Waals surface area contributed by atoms with E-state index in [9.17, 15) is 4.79 Å². The molecule has 0 atom stereocenters. The van der Waals surface area contributed by atoms with Gasteiger partial charge in [-0.2, -0.15) is 0 Å². The van der Waals surface area contributed by atoms with Gasteiger partial charge in [-0.05, 0) is 24.3 Å². The zero-order valence-electron chi connectivity index (χ0n) is 7.84. The lowest BCUT2D eigenvalue weighted by Crippen LogP contribution is -2.14. The van der Waals surface area contributed by atoms with E-state index in [-0.39, 0.29) is 0 Å².